The number of hydrogen-bond acceptors (Lipinski definition) is 1. The molecule has 0 spiro atoms. The van der Waals surface area contributed by atoms with Crippen molar-refractivity contribution < 1.29 is 13.2 Å². The Hall–Kier alpha value is -1.49. The first kappa shape index (κ1) is 13.0. The maximum absolute atomic E-state index is 13.3. The molecule has 0 unspecified atom stereocenters. The van der Waals surface area contributed by atoms with Crippen molar-refractivity contribution in [3.63, 3.8) is 0 Å². The second-order valence-corrected chi connectivity index (χ2v) is 4.55. The molecule has 18 heavy (non-hydrogen) atoms. The van der Waals surface area contributed by atoms with Crippen molar-refractivity contribution in [2.24, 2.45) is 0 Å². The maximum Gasteiger partial charge on any atom is 0.149 e. The highest BCUT2D eigenvalue weighted by Crippen LogP contribution is 2.20. The van der Waals surface area contributed by atoms with E-state index >= 15 is 0 Å². The summed E-state index contributed by atoms with van der Waals surface area (Å²) in [7, 11) is 0. The average Bonchev–Trinajstić information content (AvgIpc) is 2.33. The summed E-state index contributed by atoms with van der Waals surface area (Å²) in [6.45, 7) is 0.141. The van der Waals surface area contributed by atoms with E-state index < -0.39 is 17.5 Å². The highest BCUT2D eigenvalue weighted by atomic mass is 79.9. The van der Waals surface area contributed by atoms with E-state index in [-0.39, 0.29) is 12.2 Å². The fourth-order valence-electron chi connectivity index (χ4n) is 1.51. The Morgan fingerprint density at radius 3 is 2.22 bits per heavy atom. The monoisotopic (exact) mass is 315 g/mol. The average molecular weight is 316 g/mol. The van der Waals surface area contributed by atoms with Crippen LogP contribution in [-0.4, -0.2) is 0 Å². The fraction of sp³-hybridized carbons (Fsp3) is 0.0769. The number of nitrogens with one attached hydrogen (secondary N) is 1. The first-order valence-corrected chi connectivity index (χ1v) is 5.99. The van der Waals surface area contributed by atoms with Gasteiger partial charge in [0.2, 0.25) is 0 Å². The van der Waals surface area contributed by atoms with Crippen LogP contribution >= 0.6 is 15.9 Å². The molecule has 0 bridgehead atoms. The number of hydrogen-bond donors (Lipinski definition) is 1. The predicted molar refractivity (Wildman–Crippen MR) is 67.8 cm³/mol. The van der Waals surface area contributed by atoms with Crippen LogP contribution < -0.4 is 5.32 Å². The number of halogens is 4. The quantitative estimate of drug-likeness (QED) is 0.880. The van der Waals surface area contributed by atoms with Crippen LogP contribution in [0.25, 0.3) is 0 Å². The number of rotatable bonds is 3. The molecule has 1 nitrogen and oxygen atoms in total. The van der Waals surface area contributed by atoms with E-state index in [0.717, 1.165) is 12.1 Å². The van der Waals surface area contributed by atoms with E-state index in [1.807, 2.05) is 0 Å². The van der Waals surface area contributed by atoms with Crippen LogP contribution in [0, 0.1) is 17.5 Å². The van der Waals surface area contributed by atoms with Crippen LogP contribution in [0.15, 0.2) is 40.9 Å². The summed E-state index contributed by atoms with van der Waals surface area (Å²) in [5.74, 6) is -1.76. The molecule has 1 N–H and O–H groups in total. The molecule has 0 aliphatic heterocycles. The molecule has 0 saturated carbocycles. The second-order valence-electron chi connectivity index (χ2n) is 3.70. The smallest absolute Gasteiger partial charge is 0.149 e. The minimum absolute atomic E-state index is 0.141. The van der Waals surface area contributed by atoms with Gasteiger partial charge >= 0.3 is 0 Å². The Morgan fingerprint density at radius 2 is 1.61 bits per heavy atom. The normalized spacial score (nSPS) is 10.4. The highest BCUT2D eigenvalue weighted by Gasteiger charge is 2.08. The van der Waals surface area contributed by atoms with Gasteiger partial charge in [0.1, 0.15) is 23.1 Å². The Bertz CT molecular complexity index is 552. The van der Waals surface area contributed by atoms with Crippen LogP contribution in [0.5, 0.6) is 0 Å². The summed E-state index contributed by atoms with van der Waals surface area (Å²) in [5.41, 5.74) is 0.388. The van der Waals surface area contributed by atoms with Gasteiger partial charge in [-0.1, -0.05) is 12.1 Å². The van der Waals surface area contributed by atoms with E-state index in [0.29, 0.717) is 10.0 Å². The van der Waals surface area contributed by atoms with Crippen molar-refractivity contribution in [1.82, 2.24) is 0 Å². The summed E-state index contributed by atoms with van der Waals surface area (Å²) >= 11 is 3.03. The van der Waals surface area contributed by atoms with Gasteiger partial charge < -0.3 is 5.32 Å². The molecule has 0 aliphatic rings. The summed E-state index contributed by atoms with van der Waals surface area (Å²) in [5, 5.41) is 2.61. The molecule has 0 amide bonds. The predicted octanol–water partition coefficient (Wildman–Crippen LogP) is 4.48. The minimum atomic E-state index is -0.674. The molecule has 0 heterocycles. The summed E-state index contributed by atoms with van der Waals surface area (Å²) in [4.78, 5) is 0. The van der Waals surface area contributed by atoms with Gasteiger partial charge in [-0.15, -0.1) is 0 Å². The first-order chi connectivity index (χ1) is 8.58. The van der Waals surface area contributed by atoms with Crippen molar-refractivity contribution in [1.29, 1.82) is 0 Å². The standard InChI is InChI=1S/C13H9BrF3N/c14-9-5-4-8(6-12(9)17)7-18-13-10(15)2-1-3-11(13)16/h1-6,18H,7H2. The first-order valence-electron chi connectivity index (χ1n) is 5.20. The number of anilines is 1. The van der Waals surface area contributed by atoms with E-state index in [1.54, 1.807) is 12.1 Å². The molecule has 5 heteroatoms. The van der Waals surface area contributed by atoms with Crippen LogP contribution in [0.1, 0.15) is 5.56 Å². The second kappa shape index (κ2) is 5.44. The van der Waals surface area contributed by atoms with Gasteiger partial charge in [-0.05, 0) is 45.8 Å². The van der Waals surface area contributed by atoms with Crippen molar-refractivity contribution in [3.8, 4) is 0 Å². The fourth-order valence-corrected chi connectivity index (χ4v) is 1.75. The van der Waals surface area contributed by atoms with Gasteiger partial charge in [0.05, 0.1) is 4.47 Å². The lowest BCUT2D eigenvalue weighted by atomic mass is 10.2. The van der Waals surface area contributed by atoms with Crippen LogP contribution in [0.4, 0.5) is 18.9 Å². The molecule has 0 atom stereocenters. The number of benzene rings is 2. The molecule has 0 aliphatic carbocycles. The van der Waals surface area contributed by atoms with Crippen molar-refractivity contribution in [2.75, 3.05) is 5.32 Å². The van der Waals surface area contributed by atoms with E-state index in [2.05, 4.69) is 21.2 Å². The van der Waals surface area contributed by atoms with Crippen LogP contribution in [0.2, 0.25) is 0 Å². The lowest BCUT2D eigenvalue weighted by molar-refractivity contribution is 0.588. The number of para-hydroxylation sites is 1. The molecular weight excluding hydrogens is 307 g/mol. The Kier molecular flexibility index (Phi) is 3.91. The van der Waals surface area contributed by atoms with Crippen LogP contribution in [-0.2, 0) is 6.54 Å². The van der Waals surface area contributed by atoms with E-state index in [1.165, 1.54) is 12.1 Å². The van der Waals surface area contributed by atoms with Gasteiger partial charge in [-0.3, -0.25) is 0 Å². The molecule has 2 aromatic carbocycles. The topological polar surface area (TPSA) is 12.0 Å². The molecule has 2 rings (SSSR count). The summed E-state index contributed by atoms with van der Waals surface area (Å²) in [6.07, 6.45) is 0. The molecule has 0 aromatic heterocycles. The molecule has 0 saturated heterocycles. The van der Waals surface area contributed by atoms with Crippen molar-refractivity contribution in [2.45, 2.75) is 6.54 Å². The Labute approximate surface area is 111 Å². The Balaban J connectivity index is 2.14. The molecule has 0 fully saturated rings. The third kappa shape index (κ3) is 2.85. The SMILES string of the molecule is Fc1cc(CNc2c(F)cccc2F)ccc1Br. The van der Waals surface area contributed by atoms with Crippen LogP contribution in [0.3, 0.4) is 0 Å². The molecular formula is C13H9BrF3N. The van der Waals surface area contributed by atoms with Gasteiger partial charge in [0, 0.05) is 6.54 Å². The summed E-state index contributed by atoms with van der Waals surface area (Å²) in [6, 6.07) is 8.12. The van der Waals surface area contributed by atoms with Crippen molar-refractivity contribution in [3.05, 3.63) is 63.9 Å². The maximum atomic E-state index is 13.3. The molecule has 0 radical (unpaired) electrons. The third-order valence-electron chi connectivity index (χ3n) is 2.42. The van der Waals surface area contributed by atoms with Gasteiger partial charge in [-0.2, -0.15) is 0 Å². The van der Waals surface area contributed by atoms with Gasteiger partial charge in [-0.25, -0.2) is 13.2 Å². The lowest BCUT2D eigenvalue weighted by Crippen LogP contribution is -2.04. The molecule has 94 valence electrons. The Morgan fingerprint density at radius 1 is 0.944 bits per heavy atom. The molecule has 2 aromatic rings. The third-order valence-corrected chi connectivity index (χ3v) is 3.06. The summed E-state index contributed by atoms with van der Waals surface area (Å²) < 4.78 is 40.2. The largest absolute Gasteiger partial charge is 0.376 e. The zero-order chi connectivity index (χ0) is 13.1. The zero-order valence-corrected chi connectivity index (χ0v) is 10.8. The lowest BCUT2D eigenvalue weighted by Gasteiger charge is -2.09. The zero-order valence-electron chi connectivity index (χ0n) is 9.18. The van der Waals surface area contributed by atoms with Gasteiger partial charge in [0.25, 0.3) is 0 Å². The van der Waals surface area contributed by atoms with Gasteiger partial charge in [0.15, 0.2) is 0 Å². The minimum Gasteiger partial charge on any atom is -0.376 e. The van der Waals surface area contributed by atoms with E-state index in [4.69, 9.17) is 0 Å². The van der Waals surface area contributed by atoms with Crippen molar-refractivity contribution >= 4 is 21.6 Å². The highest BCUT2D eigenvalue weighted by molar-refractivity contribution is 9.10. The van der Waals surface area contributed by atoms with E-state index in [9.17, 15) is 13.2 Å².